The zero-order valence-corrected chi connectivity index (χ0v) is 15.0. The van der Waals surface area contributed by atoms with Crippen LogP contribution in [0, 0.1) is 0 Å². The maximum Gasteiger partial charge on any atom is 0.266 e. The minimum absolute atomic E-state index is 0.0508. The van der Waals surface area contributed by atoms with Crippen LogP contribution >= 0.6 is 24.0 Å². The number of amides is 1. The van der Waals surface area contributed by atoms with Gasteiger partial charge in [-0.1, -0.05) is 36.8 Å². The van der Waals surface area contributed by atoms with E-state index in [1.165, 1.54) is 48.8 Å². The second kappa shape index (κ2) is 6.20. The average Bonchev–Trinajstić information content (AvgIpc) is 3.07. The molecule has 3 aliphatic rings. The summed E-state index contributed by atoms with van der Waals surface area (Å²) in [5.41, 5.74) is 3.49. The summed E-state index contributed by atoms with van der Waals surface area (Å²) in [7, 11) is 0. The van der Waals surface area contributed by atoms with Crippen LogP contribution in [0.1, 0.15) is 46.5 Å². The molecule has 1 amide bonds. The third-order valence-electron chi connectivity index (χ3n) is 4.61. The zero-order valence-electron chi connectivity index (χ0n) is 13.4. The van der Waals surface area contributed by atoms with Crippen molar-refractivity contribution in [2.75, 3.05) is 6.54 Å². The summed E-state index contributed by atoms with van der Waals surface area (Å²) < 4.78 is 0.672. The highest BCUT2D eigenvalue weighted by Gasteiger charge is 2.34. The van der Waals surface area contributed by atoms with Crippen LogP contribution in [0.5, 0.6) is 0 Å². The smallest absolute Gasteiger partial charge is 0.266 e. The molecule has 2 aliphatic heterocycles. The minimum atomic E-state index is 0.0508. The lowest BCUT2D eigenvalue weighted by atomic mass is 10.0. The summed E-state index contributed by atoms with van der Waals surface area (Å²) in [6, 6.07) is 0.624. The van der Waals surface area contributed by atoms with Gasteiger partial charge in [-0.15, -0.1) is 0 Å². The topological polar surface area (TPSA) is 23.6 Å². The maximum absolute atomic E-state index is 12.5. The zero-order chi connectivity index (χ0) is 15.9. The third-order valence-corrected chi connectivity index (χ3v) is 6.09. The van der Waals surface area contributed by atoms with Crippen molar-refractivity contribution < 1.29 is 4.79 Å². The van der Waals surface area contributed by atoms with E-state index < -0.39 is 0 Å². The molecule has 0 bridgehead atoms. The normalized spacial score (nSPS) is 23.6. The number of carbonyl (C=O) groups is 1. The molecule has 0 unspecified atom stereocenters. The van der Waals surface area contributed by atoms with E-state index in [1.807, 2.05) is 6.92 Å². The summed E-state index contributed by atoms with van der Waals surface area (Å²) in [5.74, 6) is 0.0508. The van der Waals surface area contributed by atoms with Crippen molar-refractivity contribution >= 4 is 34.2 Å². The second-order valence-corrected chi connectivity index (χ2v) is 7.73. The van der Waals surface area contributed by atoms with Crippen LogP contribution in [0.2, 0.25) is 0 Å². The van der Waals surface area contributed by atoms with Crippen molar-refractivity contribution in [2.45, 2.75) is 52.5 Å². The van der Waals surface area contributed by atoms with Gasteiger partial charge in [0.05, 0.1) is 4.91 Å². The van der Waals surface area contributed by atoms with Crippen LogP contribution in [0.3, 0.4) is 0 Å². The van der Waals surface area contributed by atoms with Crippen LogP contribution < -0.4 is 0 Å². The molecule has 2 heterocycles. The predicted molar refractivity (Wildman–Crippen MR) is 96.2 cm³/mol. The van der Waals surface area contributed by atoms with Crippen molar-refractivity contribution in [1.29, 1.82) is 0 Å². The lowest BCUT2D eigenvalue weighted by molar-refractivity contribution is -0.122. The molecule has 0 aromatic rings. The fourth-order valence-corrected chi connectivity index (χ4v) is 5.02. The summed E-state index contributed by atoms with van der Waals surface area (Å²) >= 11 is 6.74. The van der Waals surface area contributed by atoms with Gasteiger partial charge in [0.1, 0.15) is 4.32 Å². The molecular formula is C17H22N2OS2. The van der Waals surface area contributed by atoms with E-state index in [-0.39, 0.29) is 5.91 Å². The lowest BCUT2D eigenvalue weighted by Crippen LogP contribution is -2.32. The molecule has 3 rings (SSSR count). The molecule has 1 aliphatic carbocycles. The summed E-state index contributed by atoms with van der Waals surface area (Å²) in [6.07, 6.45) is 9.47. The van der Waals surface area contributed by atoms with Crippen LogP contribution in [0.25, 0.3) is 0 Å². The molecule has 0 N–H and O–H groups in total. The molecule has 118 valence electrons. The van der Waals surface area contributed by atoms with Crippen LogP contribution in [0.15, 0.2) is 34.0 Å². The van der Waals surface area contributed by atoms with Gasteiger partial charge in [-0.25, -0.2) is 0 Å². The monoisotopic (exact) mass is 334 g/mol. The highest BCUT2D eigenvalue weighted by atomic mass is 32.2. The van der Waals surface area contributed by atoms with E-state index in [2.05, 4.69) is 30.9 Å². The number of carbonyl (C=O) groups excluding carboxylic acids is 1. The molecule has 0 atom stereocenters. The van der Waals surface area contributed by atoms with Gasteiger partial charge in [-0.3, -0.25) is 9.69 Å². The summed E-state index contributed by atoms with van der Waals surface area (Å²) in [4.78, 5) is 17.4. The van der Waals surface area contributed by atoms with Crippen molar-refractivity contribution in [3.05, 3.63) is 34.0 Å². The molecule has 1 saturated heterocycles. The standard InChI is InChI=1S/C17H22N2OS2/c1-4-18-16(20)15(22-17(18)21)13-9-11(2)19(12(3)10-13)14-7-5-6-8-14/h9-10,14H,4-8H2,1-3H3. The van der Waals surface area contributed by atoms with Gasteiger partial charge in [-0.05, 0) is 51.3 Å². The number of hydrogen-bond donors (Lipinski definition) is 0. The summed E-state index contributed by atoms with van der Waals surface area (Å²) in [6.45, 7) is 6.90. The number of thiocarbonyl (C=S) groups is 1. The fraction of sp³-hybridized carbons (Fsp3) is 0.529. The molecule has 22 heavy (non-hydrogen) atoms. The van der Waals surface area contributed by atoms with Gasteiger partial charge in [0.2, 0.25) is 0 Å². The quantitative estimate of drug-likeness (QED) is 0.558. The number of rotatable bonds is 2. The number of hydrogen-bond acceptors (Lipinski definition) is 4. The van der Waals surface area contributed by atoms with Gasteiger partial charge < -0.3 is 4.90 Å². The number of thioether (sulfide) groups is 1. The Morgan fingerprint density at radius 2 is 1.82 bits per heavy atom. The Morgan fingerprint density at radius 3 is 2.32 bits per heavy atom. The van der Waals surface area contributed by atoms with E-state index in [0.717, 1.165) is 10.5 Å². The van der Waals surface area contributed by atoms with Crippen LogP contribution in [0.4, 0.5) is 0 Å². The number of likely N-dealkylation sites (N-methyl/N-ethyl adjacent to an activating group) is 1. The first-order valence-corrected chi connectivity index (χ1v) is 9.19. The molecule has 0 aromatic heterocycles. The summed E-state index contributed by atoms with van der Waals surface area (Å²) in [5, 5.41) is 0. The SMILES string of the molecule is CCN1C(=O)C(=C2C=C(C)N(C3CCCC3)C(C)=C2)SC1=S. The molecule has 2 fully saturated rings. The highest BCUT2D eigenvalue weighted by molar-refractivity contribution is 8.26. The minimum Gasteiger partial charge on any atom is -0.346 e. The van der Waals surface area contributed by atoms with E-state index in [0.29, 0.717) is 16.9 Å². The number of allylic oxidation sites excluding steroid dienone is 5. The molecule has 5 heteroatoms. The Balaban J connectivity index is 1.93. The van der Waals surface area contributed by atoms with Crippen molar-refractivity contribution in [2.24, 2.45) is 0 Å². The Morgan fingerprint density at radius 1 is 1.23 bits per heavy atom. The van der Waals surface area contributed by atoms with Crippen LogP contribution in [-0.4, -0.2) is 32.6 Å². The van der Waals surface area contributed by atoms with Gasteiger partial charge in [0.25, 0.3) is 5.91 Å². The fourth-order valence-electron chi connectivity index (χ4n) is 3.63. The molecule has 3 nitrogen and oxygen atoms in total. The average molecular weight is 335 g/mol. The molecule has 0 aromatic carbocycles. The Labute approximate surface area is 142 Å². The molecule has 1 saturated carbocycles. The van der Waals surface area contributed by atoms with Gasteiger partial charge in [-0.2, -0.15) is 0 Å². The van der Waals surface area contributed by atoms with Gasteiger partial charge in [0, 0.05) is 24.0 Å². The lowest BCUT2D eigenvalue weighted by Gasteiger charge is -2.35. The van der Waals surface area contributed by atoms with E-state index in [4.69, 9.17) is 12.2 Å². The third kappa shape index (κ3) is 2.65. The Bertz CT molecular complexity index is 590. The first-order valence-electron chi connectivity index (χ1n) is 7.96. The van der Waals surface area contributed by atoms with Crippen molar-refractivity contribution in [1.82, 2.24) is 9.80 Å². The molecule has 0 spiro atoms. The maximum atomic E-state index is 12.5. The largest absolute Gasteiger partial charge is 0.346 e. The van der Waals surface area contributed by atoms with Gasteiger partial charge >= 0.3 is 0 Å². The predicted octanol–water partition coefficient (Wildman–Crippen LogP) is 4.19. The molecular weight excluding hydrogens is 312 g/mol. The first-order chi connectivity index (χ1) is 10.5. The molecule has 0 radical (unpaired) electrons. The first kappa shape index (κ1) is 15.8. The van der Waals surface area contributed by atoms with E-state index >= 15 is 0 Å². The van der Waals surface area contributed by atoms with Crippen molar-refractivity contribution in [3.63, 3.8) is 0 Å². The highest BCUT2D eigenvalue weighted by Crippen LogP contribution is 2.38. The Hall–Kier alpha value is -1.07. The second-order valence-electron chi connectivity index (χ2n) is 6.08. The van der Waals surface area contributed by atoms with Crippen LogP contribution in [-0.2, 0) is 4.79 Å². The Kier molecular flexibility index (Phi) is 4.46. The van der Waals surface area contributed by atoms with E-state index in [1.54, 1.807) is 4.90 Å². The van der Waals surface area contributed by atoms with Gasteiger partial charge in [0.15, 0.2) is 0 Å². The number of nitrogens with zero attached hydrogens (tertiary/aromatic N) is 2. The van der Waals surface area contributed by atoms with Crippen molar-refractivity contribution in [3.8, 4) is 0 Å². The van der Waals surface area contributed by atoms with E-state index in [9.17, 15) is 4.79 Å².